The number of fused-ring (bicyclic) bond motifs is 1. The lowest BCUT2D eigenvalue weighted by molar-refractivity contribution is 0.445. The van der Waals surface area contributed by atoms with Gasteiger partial charge in [0.1, 0.15) is 5.58 Å². The lowest BCUT2D eigenvalue weighted by Crippen LogP contribution is -2.32. The second-order valence-corrected chi connectivity index (χ2v) is 4.05. The highest BCUT2D eigenvalue weighted by atomic mass is 16.3. The molecule has 0 radical (unpaired) electrons. The third-order valence-corrected chi connectivity index (χ3v) is 2.80. The number of hydrogen-bond acceptors (Lipinski definition) is 2. The number of benzene rings is 1. The van der Waals surface area contributed by atoms with Crippen LogP contribution in [0.25, 0.3) is 11.0 Å². The Morgan fingerprint density at radius 2 is 2.00 bits per heavy atom. The summed E-state index contributed by atoms with van der Waals surface area (Å²) < 4.78 is 5.30. The van der Waals surface area contributed by atoms with Gasteiger partial charge in [0.15, 0.2) is 0 Å². The number of hydrogen-bond donors (Lipinski definition) is 1. The van der Waals surface area contributed by atoms with Gasteiger partial charge in [-0.1, -0.05) is 6.07 Å². The second kappa shape index (κ2) is 3.14. The van der Waals surface area contributed by atoms with Gasteiger partial charge in [-0.3, -0.25) is 0 Å². The van der Waals surface area contributed by atoms with E-state index in [2.05, 4.69) is 31.3 Å². The maximum atomic E-state index is 5.30. The minimum Gasteiger partial charge on any atom is -0.464 e. The molecule has 1 aromatic heterocycles. The predicted octanol–water partition coefficient (Wildman–Crippen LogP) is 2.89. The molecule has 2 nitrogen and oxygen atoms in total. The first-order valence-electron chi connectivity index (χ1n) is 4.80. The molecule has 2 heteroatoms. The maximum Gasteiger partial charge on any atom is 0.133 e. The van der Waals surface area contributed by atoms with Crippen LogP contribution in [0.3, 0.4) is 0 Å². The van der Waals surface area contributed by atoms with Crippen LogP contribution in [0.1, 0.15) is 19.4 Å². The van der Waals surface area contributed by atoms with Gasteiger partial charge < -0.3 is 9.73 Å². The summed E-state index contributed by atoms with van der Waals surface area (Å²) in [5, 5.41) is 4.44. The fraction of sp³-hybridized carbons (Fsp3) is 0.333. The van der Waals surface area contributed by atoms with Crippen LogP contribution in [0, 0.1) is 0 Å². The van der Waals surface area contributed by atoms with E-state index in [4.69, 9.17) is 4.42 Å². The fourth-order valence-electron chi connectivity index (χ4n) is 1.50. The smallest absolute Gasteiger partial charge is 0.133 e. The van der Waals surface area contributed by atoms with Crippen LogP contribution in [0.15, 0.2) is 34.9 Å². The molecule has 74 valence electrons. The van der Waals surface area contributed by atoms with E-state index in [1.54, 1.807) is 6.26 Å². The van der Waals surface area contributed by atoms with Gasteiger partial charge in [-0.25, -0.2) is 0 Å². The average molecular weight is 189 g/mol. The largest absolute Gasteiger partial charge is 0.464 e. The zero-order valence-electron chi connectivity index (χ0n) is 8.79. The molecular weight excluding hydrogens is 174 g/mol. The van der Waals surface area contributed by atoms with E-state index in [-0.39, 0.29) is 5.54 Å². The van der Waals surface area contributed by atoms with Gasteiger partial charge in [-0.2, -0.15) is 0 Å². The summed E-state index contributed by atoms with van der Waals surface area (Å²) in [4.78, 5) is 0. The Hall–Kier alpha value is -1.28. The molecule has 0 aliphatic rings. The Morgan fingerprint density at radius 3 is 2.71 bits per heavy atom. The highest BCUT2D eigenvalue weighted by Gasteiger charge is 2.17. The molecule has 0 spiro atoms. The van der Waals surface area contributed by atoms with E-state index in [0.29, 0.717) is 0 Å². The van der Waals surface area contributed by atoms with Gasteiger partial charge in [-0.15, -0.1) is 0 Å². The van der Waals surface area contributed by atoms with Crippen LogP contribution in [0.4, 0.5) is 0 Å². The molecule has 2 rings (SSSR count). The molecule has 2 aromatic rings. The van der Waals surface area contributed by atoms with Crippen LogP contribution in [-0.2, 0) is 5.54 Å². The Balaban J connectivity index is 2.53. The van der Waals surface area contributed by atoms with E-state index in [1.165, 1.54) is 5.56 Å². The quantitative estimate of drug-likeness (QED) is 0.785. The van der Waals surface area contributed by atoms with Crippen molar-refractivity contribution in [2.75, 3.05) is 7.05 Å². The van der Waals surface area contributed by atoms with Crippen molar-refractivity contribution in [2.45, 2.75) is 19.4 Å². The summed E-state index contributed by atoms with van der Waals surface area (Å²) in [6.45, 7) is 4.32. The zero-order chi connectivity index (χ0) is 10.2. The SMILES string of the molecule is CNC(C)(C)c1ccc2occc2c1. The number of rotatable bonds is 2. The van der Waals surface area contributed by atoms with Crippen molar-refractivity contribution in [3.63, 3.8) is 0 Å². The molecule has 0 atom stereocenters. The molecule has 1 N–H and O–H groups in total. The molecule has 0 unspecified atom stereocenters. The standard InChI is InChI=1S/C12H15NO/c1-12(2,13-3)10-4-5-11-9(8-10)6-7-14-11/h4-8,13H,1-3H3. The van der Waals surface area contributed by atoms with Crippen LogP contribution < -0.4 is 5.32 Å². The number of nitrogens with one attached hydrogen (secondary N) is 1. The summed E-state index contributed by atoms with van der Waals surface area (Å²) in [5.41, 5.74) is 2.22. The lowest BCUT2D eigenvalue weighted by Gasteiger charge is -2.24. The zero-order valence-corrected chi connectivity index (χ0v) is 8.79. The third kappa shape index (κ3) is 1.42. The monoisotopic (exact) mass is 189 g/mol. The average Bonchev–Trinajstić information content (AvgIpc) is 2.64. The van der Waals surface area contributed by atoms with Crippen molar-refractivity contribution in [3.8, 4) is 0 Å². The van der Waals surface area contributed by atoms with Crippen LogP contribution in [0.2, 0.25) is 0 Å². The minimum absolute atomic E-state index is 0.00542. The summed E-state index contributed by atoms with van der Waals surface area (Å²) in [7, 11) is 1.97. The van der Waals surface area contributed by atoms with Crippen molar-refractivity contribution < 1.29 is 4.42 Å². The second-order valence-electron chi connectivity index (χ2n) is 4.05. The van der Waals surface area contributed by atoms with Crippen LogP contribution in [-0.4, -0.2) is 7.05 Å². The maximum absolute atomic E-state index is 5.30. The molecule has 0 aliphatic carbocycles. The van der Waals surface area contributed by atoms with Crippen molar-refractivity contribution in [3.05, 3.63) is 36.1 Å². The Labute approximate surface area is 83.9 Å². The highest BCUT2D eigenvalue weighted by molar-refractivity contribution is 5.78. The van der Waals surface area contributed by atoms with Gasteiger partial charge in [0, 0.05) is 10.9 Å². The first-order valence-corrected chi connectivity index (χ1v) is 4.80. The van der Waals surface area contributed by atoms with Gasteiger partial charge in [0.05, 0.1) is 6.26 Å². The predicted molar refractivity (Wildman–Crippen MR) is 58.3 cm³/mol. The molecule has 0 aliphatic heterocycles. The molecule has 0 amide bonds. The van der Waals surface area contributed by atoms with Crippen molar-refractivity contribution in [1.82, 2.24) is 5.32 Å². The van der Waals surface area contributed by atoms with Gasteiger partial charge in [-0.05, 0) is 44.7 Å². The summed E-state index contributed by atoms with van der Waals surface area (Å²) in [6.07, 6.45) is 1.72. The molecule has 0 saturated heterocycles. The fourth-order valence-corrected chi connectivity index (χ4v) is 1.50. The Bertz CT molecular complexity index is 442. The number of furan rings is 1. The topological polar surface area (TPSA) is 25.2 Å². The van der Waals surface area contributed by atoms with E-state index >= 15 is 0 Å². The normalized spacial score (nSPS) is 12.2. The van der Waals surface area contributed by atoms with E-state index in [1.807, 2.05) is 19.2 Å². The summed E-state index contributed by atoms with van der Waals surface area (Å²) >= 11 is 0. The molecule has 14 heavy (non-hydrogen) atoms. The first-order chi connectivity index (χ1) is 6.63. The van der Waals surface area contributed by atoms with Crippen molar-refractivity contribution in [2.24, 2.45) is 0 Å². The lowest BCUT2D eigenvalue weighted by atomic mass is 9.94. The summed E-state index contributed by atoms with van der Waals surface area (Å²) in [5.74, 6) is 0. The molecule has 0 fully saturated rings. The van der Waals surface area contributed by atoms with E-state index in [9.17, 15) is 0 Å². The molecule has 0 bridgehead atoms. The van der Waals surface area contributed by atoms with Crippen LogP contribution >= 0.6 is 0 Å². The van der Waals surface area contributed by atoms with E-state index < -0.39 is 0 Å². The van der Waals surface area contributed by atoms with Crippen molar-refractivity contribution >= 4 is 11.0 Å². The molecule has 1 aromatic carbocycles. The third-order valence-electron chi connectivity index (χ3n) is 2.80. The first kappa shape index (κ1) is 9.28. The molecule has 0 saturated carbocycles. The summed E-state index contributed by atoms with van der Waals surface area (Å²) in [6, 6.07) is 8.27. The van der Waals surface area contributed by atoms with Gasteiger partial charge >= 0.3 is 0 Å². The van der Waals surface area contributed by atoms with Crippen molar-refractivity contribution in [1.29, 1.82) is 0 Å². The Morgan fingerprint density at radius 1 is 1.21 bits per heavy atom. The highest BCUT2D eigenvalue weighted by Crippen LogP contribution is 2.24. The van der Waals surface area contributed by atoms with E-state index in [0.717, 1.165) is 11.0 Å². The minimum atomic E-state index is 0.00542. The molecule has 1 heterocycles. The van der Waals surface area contributed by atoms with Gasteiger partial charge in [0.25, 0.3) is 0 Å². The van der Waals surface area contributed by atoms with Crippen LogP contribution in [0.5, 0.6) is 0 Å². The Kier molecular flexibility index (Phi) is 2.08. The molecular formula is C12H15NO. The van der Waals surface area contributed by atoms with Gasteiger partial charge in [0.2, 0.25) is 0 Å².